The molecule has 3 atom stereocenters. The van der Waals surface area contributed by atoms with Gasteiger partial charge in [0.1, 0.15) is 11.6 Å². The van der Waals surface area contributed by atoms with Crippen molar-refractivity contribution < 1.29 is 4.92 Å². The normalized spacial score (nSPS) is 26.4. The van der Waals surface area contributed by atoms with Gasteiger partial charge in [-0.15, -0.1) is 0 Å². The molecule has 1 fully saturated rings. The van der Waals surface area contributed by atoms with Crippen molar-refractivity contribution in [3.8, 4) is 0 Å². The van der Waals surface area contributed by atoms with Gasteiger partial charge < -0.3 is 10.2 Å². The maximum atomic E-state index is 11.0. The van der Waals surface area contributed by atoms with Gasteiger partial charge in [0.15, 0.2) is 0 Å². The molecule has 0 radical (unpaired) electrons. The molecule has 0 aliphatic carbocycles. The van der Waals surface area contributed by atoms with E-state index in [1.807, 2.05) is 0 Å². The molecule has 1 N–H and O–H groups in total. The van der Waals surface area contributed by atoms with Crippen molar-refractivity contribution in [2.24, 2.45) is 11.8 Å². The van der Waals surface area contributed by atoms with E-state index in [9.17, 15) is 10.1 Å². The van der Waals surface area contributed by atoms with E-state index in [2.05, 4.69) is 36.0 Å². The van der Waals surface area contributed by atoms with E-state index in [1.54, 1.807) is 13.1 Å². The maximum absolute atomic E-state index is 11.0. The third-order valence-corrected chi connectivity index (χ3v) is 4.16. The van der Waals surface area contributed by atoms with Gasteiger partial charge in [0.2, 0.25) is 0 Å². The minimum Gasteiger partial charge on any atom is -0.373 e. The summed E-state index contributed by atoms with van der Waals surface area (Å²) in [5.74, 6) is 2.35. The van der Waals surface area contributed by atoms with Crippen LogP contribution in [-0.2, 0) is 0 Å². The average molecular weight is 278 g/mol. The lowest BCUT2D eigenvalue weighted by Gasteiger charge is -2.41. The van der Waals surface area contributed by atoms with Crippen LogP contribution in [-0.4, -0.2) is 29.5 Å². The monoisotopic (exact) mass is 278 g/mol. The fourth-order valence-electron chi connectivity index (χ4n) is 2.90. The number of aromatic nitrogens is 1. The number of nitrogens with one attached hydrogen (secondary N) is 1. The average Bonchev–Trinajstić information content (AvgIpc) is 2.42. The fraction of sp³-hybridized carbons (Fsp3) is 0.643. The standard InChI is InChI=1S/C14H22N4O2/c1-9-5-10(2)11(3)17(8-9)14-7-12(18(19)20)6-13(15-4)16-14/h6-7,9-11H,5,8H2,1-4H3,(H,15,16). The third-order valence-electron chi connectivity index (χ3n) is 4.16. The first kappa shape index (κ1) is 14.6. The summed E-state index contributed by atoms with van der Waals surface area (Å²) in [6, 6.07) is 3.37. The summed E-state index contributed by atoms with van der Waals surface area (Å²) in [6.07, 6.45) is 1.19. The summed E-state index contributed by atoms with van der Waals surface area (Å²) in [6.45, 7) is 7.49. The zero-order chi connectivity index (χ0) is 14.9. The van der Waals surface area contributed by atoms with Crippen molar-refractivity contribution in [1.82, 2.24) is 4.98 Å². The lowest BCUT2D eigenvalue weighted by molar-refractivity contribution is -0.384. The summed E-state index contributed by atoms with van der Waals surface area (Å²) in [5.41, 5.74) is 0.0810. The van der Waals surface area contributed by atoms with E-state index in [0.29, 0.717) is 29.5 Å². The zero-order valence-electron chi connectivity index (χ0n) is 12.5. The number of nitrogens with zero attached hydrogens (tertiary/aromatic N) is 3. The number of pyridine rings is 1. The highest BCUT2D eigenvalue weighted by Crippen LogP contribution is 2.32. The highest BCUT2D eigenvalue weighted by molar-refractivity contribution is 5.56. The Hall–Kier alpha value is -1.85. The number of hydrogen-bond acceptors (Lipinski definition) is 5. The number of nitro groups is 1. The SMILES string of the molecule is CNc1cc([N+](=O)[O-])cc(N2CC(C)CC(C)C2C)n1. The molecule has 1 aromatic rings. The molecular weight excluding hydrogens is 256 g/mol. The molecule has 2 rings (SSSR count). The molecule has 20 heavy (non-hydrogen) atoms. The first-order valence-electron chi connectivity index (χ1n) is 7.03. The smallest absolute Gasteiger partial charge is 0.276 e. The predicted octanol–water partition coefficient (Wildman–Crippen LogP) is 2.90. The van der Waals surface area contributed by atoms with Crippen LogP contribution in [0, 0.1) is 22.0 Å². The first-order chi connectivity index (χ1) is 9.42. The number of piperidine rings is 1. The van der Waals surface area contributed by atoms with Gasteiger partial charge in [-0.1, -0.05) is 13.8 Å². The van der Waals surface area contributed by atoms with Crippen LogP contribution in [0.5, 0.6) is 0 Å². The van der Waals surface area contributed by atoms with Crippen molar-refractivity contribution in [2.75, 3.05) is 23.8 Å². The Bertz CT molecular complexity index is 506. The molecule has 1 aliphatic rings. The molecule has 1 aromatic heterocycles. The van der Waals surface area contributed by atoms with E-state index < -0.39 is 0 Å². The fourth-order valence-corrected chi connectivity index (χ4v) is 2.90. The van der Waals surface area contributed by atoms with E-state index in [4.69, 9.17) is 0 Å². The summed E-state index contributed by atoms with van der Waals surface area (Å²) in [7, 11) is 1.72. The van der Waals surface area contributed by atoms with Crippen LogP contribution in [0.15, 0.2) is 12.1 Å². The molecule has 3 unspecified atom stereocenters. The van der Waals surface area contributed by atoms with E-state index in [0.717, 1.165) is 6.54 Å². The minimum atomic E-state index is -0.368. The van der Waals surface area contributed by atoms with Crippen molar-refractivity contribution in [2.45, 2.75) is 33.2 Å². The molecule has 0 amide bonds. The lowest BCUT2D eigenvalue weighted by Crippen LogP contribution is -2.46. The van der Waals surface area contributed by atoms with Crippen molar-refractivity contribution in [3.63, 3.8) is 0 Å². The molecule has 0 bridgehead atoms. The Morgan fingerprint density at radius 2 is 2.10 bits per heavy atom. The van der Waals surface area contributed by atoms with Crippen LogP contribution in [0.3, 0.4) is 0 Å². The van der Waals surface area contributed by atoms with Crippen LogP contribution in [0.2, 0.25) is 0 Å². The Kier molecular flexibility index (Phi) is 4.11. The number of rotatable bonds is 3. The zero-order valence-corrected chi connectivity index (χ0v) is 12.5. The van der Waals surface area contributed by atoms with Gasteiger partial charge in [-0.05, 0) is 25.2 Å². The van der Waals surface area contributed by atoms with Gasteiger partial charge in [0.05, 0.1) is 17.1 Å². The van der Waals surface area contributed by atoms with Crippen molar-refractivity contribution in [1.29, 1.82) is 0 Å². The second-order valence-electron chi connectivity index (χ2n) is 5.79. The first-order valence-corrected chi connectivity index (χ1v) is 7.03. The van der Waals surface area contributed by atoms with Crippen LogP contribution in [0.25, 0.3) is 0 Å². The molecule has 1 saturated heterocycles. The van der Waals surface area contributed by atoms with Gasteiger partial charge in [-0.3, -0.25) is 10.1 Å². The maximum Gasteiger partial charge on any atom is 0.276 e. The largest absolute Gasteiger partial charge is 0.373 e. The summed E-state index contributed by atoms with van der Waals surface area (Å²) in [5, 5.41) is 13.9. The topological polar surface area (TPSA) is 71.3 Å². The Balaban J connectivity index is 2.39. The van der Waals surface area contributed by atoms with Gasteiger partial charge in [-0.25, -0.2) is 4.98 Å². The molecule has 6 heteroatoms. The quantitative estimate of drug-likeness (QED) is 0.680. The van der Waals surface area contributed by atoms with Crippen LogP contribution >= 0.6 is 0 Å². The molecule has 1 aliphatic heterocycles. The summed E-state index contributed by atoms with van der Waals surface area (Å²) in [4.78, 5) is 17.4. The molecule has 0 spiro atoms. The van der Waals surface area contributed by atoms with Gasteiger partial charge in [0.25, 0.3) is 5.69 Å². The number of anilines is 2. The van der Waals surface area contributed by atoms with Crippen molar-refractivity contribution in [3.05, 3.63) is 22.2 Å². The predicted molar refractivity (Wildman–Crippen MR) is 80.2 cm³/mol. The summed E-state index contributed by atoms with van der Waals surface area (Å²) >= 11 is 0. The molecule has 6 nitrogen and oxygen atoms in total. The van der Waals surface area contributed by atoms with Crippen molar-refractivity contribution >= 4 is 17.3 Å². The lowest BCUT2D eigenvalue weighted by atomic mass is 9.86. The van der Waals surface area contributed by atoms with Crippen LogP contribution < -0.4 is 10.2 Å². The minimum absolute atomic E-state index is 0.0810. The van der Waals surface area contributed by atoms with Gasteiger partial charge >= 0.3 is 0 Å². The second kappa shape index (κ2) is 5.64. The molecule has 0 saturated carbocycles. The van der Waals surface area contributed by atoms with E-state index in [1.165, 1.54) is 12.5 Å². The van der Waals surface area contributed by atoms with Gasteiger partial charge in [0, 0.05) is 19.6 Å². The summed E-state index contributed by atoms with van der Waals surface area (Å²) < 4.78 is 0. The third kappa shape index (κ3) is 2.84. The molecule has 2 heterocycles. The number of hydrogen-bond donors (Lipinski definition) is 1. The Morgan fingerprint density at radius 1 is 1.40 bits per heavy atom. The molecular formula is C14H22N4O2. The second-order valence-corrected chi connectivity index (χ2v) is 5.79. The molecule has 0 aromatic carbocycles. The van der Waals surface area contributed by atoms with Gasteiger partial charge in [-0.2, -0.15) is 0 Å². The Morgan fingerprint density at radius 3 is 2.70 bits per heavy atom. The van der Waals surface area contributed by atoms with E-state index >= 15 is 0 Å². The van der Waals surface area contributed by atoms with E-state index in [-0.39, 0.29) is 10.6 Å². The highest BCUT2D eigenvalue weighted by atomic mass is 16.6. The Labute approximate surface area is 119 Å². The van der Waals surface area contributed by atoms with Crippen LogP contribution in [0.1, 0.15) is 27.2 Å². The van der Waals surface area contributed by atoms with Crippen LogP contribution in [0.4, 0.5) is 17.3 Å². The highest BCUT2D eigenvalue weighted by Gasteiger charge is 2.30. The molecule has 110 valence electrons.